The summed E-state index contributed by atoms with van der Waals surface area (Å²) in [6, 6.07) is 3.74. The highest BCUT2D eigenvalue weighted by Gasteiger charge is 2.28. The van der Waals surface area contributed by atoms with E-state index < -0.39 is 10.0 Å². The van der Waals surface area contributed by atoms with Crippen LogP contribution in [-0.4, -0.2) is 32.4 Å². The fraction of sp³-hybridized carbons (Fsp3) is 0.625. The van der Waals surface area contributed by atoms with Crippen LogP contribution in [0.25, 0.3) is 0 Å². The second kappa shape index (κ2) is 7.38. The summed E-state index contributed by atoms with van der Waals surface area (Å²) in [5.74, 6) is 0. The zero-order valence-electron chi connectivity index (χ0n) is 14.0. The van der Waals surface area contributed by atoms with Gasteiger partial charge in [0.2, 0.25) is 10.0 Å². The lowest BCUT2D eigenvalue weighted by Gasteiger charge is -2.26. The van der Waals surface area contributed by atoms with Crippen LogP contribution in [0, 0.1) is 13.8 Å². The van der Waals surface area contributed by atoms with Crippen LogP contribution in [0.4, 0.5) is 0 Å². The first kappa shape index (κ1) is 18.1. The number of nitrogens with one attached hydrogen (secondary N) is 1. The SMILES string of the molecule is CCCN(C(C)C)S(=O)(=O)c1cc(CNC)c(C)cc1C. The summed E-state index contributed by atoms with van der Waals surface area (Å²) >= 11 is 0. The highest BCUT2D eigenvalue weighted by molar-refractivity contribution is 7.89. The summed E-state index contributed by atoms with van der Waals surface area (Å²) in [5, 5.41) is 3.09. The Morgan fingerprint density at radius 3 is 2.29 bits per heavy atom. The third-order valence-corrected chi connectivity index (χ3v) is 5.82. The zero-order valence-corrected chi connectivity index (χ0v) is 14.8. The van der Waals surface area contributed by atoms with Gasteiger partial charge in [0, 0.05) is 19.1 Å². The summed E-state index contributed by atoms with van der Waals surface area (Å²) in [4.78, 5) is 0.431. The minimum Gasteiger partial charge on any atom is -0.316 e. The van der Waals surface area contributed by atoms with Crippen LogP contribution in [0.2, 0.25) is 0 Å². The van der Waals surface area contributed by atoms with Crippen molar-refractivity contribution >= 4 is 10.0 Å². The highest BCUT2D eigenvalue weighted by Crippen LogP contribution is 2.25. The molecule has 0 saturated carbocycles. The Labute approximate surface area is 129 Å². The van der Waals surface area contributed by atoms with E-state index in [2.05, 4.69) is 5.32 Å². The first-order valence-electron chi connectivity index (χ1n) is 7.52. The first-order chi connectivity index (χ1) is 9.75. The summed E-state index contributed by atoms with van der Waals surface area (Å²) in [7, 11) is -1.58. The van der Waals surface area contributed by atoms with Gasteiger partial charge in [-0.1, -0.05) is 13.0 Å². The Hall–Kier alpha value is -0.910. The van der Waals surface area contributed by atoms with E-state index in [9.17, 15) is 8.42 Å². The Morgan fingerprint density at radius 1 is 1.19 bits per heavy atom. The van der Waals surface area contributed by atoms with E-state index >= 15 is 0 Å². The van der Waals surface area contributed by atoms with Gasteiger partial charge in [0.1, 0.15) is 0 Å². The molecule has 1 N–H and O–H groups in total. The quantitative estimate of drug-likeness (QED) is 0.842. The average molecular weight is 312 g/mol. The van der Waals surface area contributed by atoms with E-state index in [0.29, 0.717) is 18.0 Å². The van der Waals surface area contributed by atoms with Crippen molar-refractivity contribution in [2.24, 2.45) is 0 Å². The number of sulfonamides is 1. The van der Waals surface area contributed by atoms with E-state index in [0.717, 1.165) is 23.1 Å². The molecule has 4 nitrogen and oxygen atoms in total. The van der Waals surface area contributed by atoms with Crippen molar-refractivity contribution in [3.05, 3.63) is 28.8 Å². The van der Waals surface area contributed by atoms with Gasteiger partial charge in [-0.2, -0.15) is 4.31 Å². The van der Waals surface area contributed by atoms with Gasteiger partial charge in [0.05, 0.1) is 4.90 Å². The average Bonchev–Trinajstić information content (AvgIpc) is 2.38. The van der Waals surface area contributed by atoms with E-state index in [1.165, 1.54) is 0 Å². The van der Waals surface area contributed by atoms with E-state index in [1.807, 2.05) is 53.8 Å². The molecule has 1 aromatic carbocycles. The van der Waals surface area contributed by atoms with Crippen molar-refractivity contribution in [3.63, 3.8) is 0 Å². The molecular weight excluding hydrogens is 284 g/mol. The smallest absolute Gasteiger partial charge is 0.243 e. The van der Waals surface area contributed by atoms with E-state index in [4.69, 9.17) is 0 Å². The molecule has 0 aromatic heterocycles. The van der Waals surface area contributed by atoms with Crippen LogP contribution in [0.3, 0.4) is 0 Å². The number of hydrogen-bond acceptors (Lipinski definition) is 3. The normalized spacial score (nSPS) is 12.4. The summed E-state index contributed by atoms with van der Waals surface area (Å²) in [6.07, 6.45) is 0.811. The molecule has 0 aliphatic heterocycles. The monoisotopic (exact) mass is 312 g/mol. The largest absolute Gasteiger partial charge is 0.316 e. The molecule has 0 atom stereocenters. The number of nitrogens with zero attached hydrogens (tertiary/aromatic N) is 1. The second-order valence-corrected chi connectivity index (χ2v) is 7.64. The molecule has 21 heavy (non-hydrogen) atoms. The van der Waals surface area contributed by atoms with Crippen molar-refractivity contribution < 1.29 is 8.42 Å². The van der Waals surface area contributed by atoms with Gasteiger partial charge >= 0.3 is 0 Å². The minimum absolute atomic E-state index is 0.0385. The van der Waals surface area contributed by atoms with Gasteiger partial charge in [-0.25, -0.2) is 8.42 Å². The van der Waals surface area contributed by atoms with Crippen molar-refractivity contribution in [3.8, 4) is 0 Å². The van der Waals surface area contributed by atoms with Crippen LogP contribution >= 0.6 is 0 Å². The van der Waals surface area contributed by atoms with Gasteiger partial charge in [-0.05, 0) is 63.9 Å². The fourth-order valence-corrected chi connectivity index (χ4v) is 4.52. The summed E-state index contributed by atoms with van der Waals surface area (Å²) in [5.41, 5.74) is 2.96. The van der Waals surface area contributed by atoms with Crippen LogP contribution in [0.5, 0.6) is 0 Å². The third kappa shape index (κ3) is 4.05. The summed E-state index contributed by atoms with van der Waals surface area (Å²) < 4.78 is 27.5. The maximum atomic E-state index is 13.0. The molecule has 0 radical (unpaired) electrons. The lowest BCUT2D eigenvalue weighted by molar-refractivity contribution is 0.354. The van der Waals surface area contributed by atoms with Crippen LogP contribution < -0.4 is 5.32 Å². The van der Waals surface area contributed by atoms with Gasteiger partial charge in [-0.15, -0.1) is 0 Å². The molecule has 0 aliphatic carbocycles. The molecule has 0 fully saturated rings. The molecular formula is C16H28N2O2S. The molecule has 0 bridgehead atoms. The van der Waals surface area contributed by atoms with Crippen molar-refractivity contribution in [2.45, 2.75) is 58.5 Å². The predicted molar refractivity (Wildman–Crippen MR) is 88.0 cm³/mol. The molecule has 0 aliphatic rings. The second-order valence-electron chi connectivity index (χ2n) is 5.78. The predicted octanol–water partition coefficient (Wildman–Crippen LogP) is 2.83. The first-order valence-corrected chi connectivity index (χ1v) is 8.96. The van der Waals surface area contributed by atoms with Crippen LogP contribution in [0.15, 0.2) is 17.0 Å². The molecule has 0 heterocycles. The van der Waals surface area contributed by atoms with Crippen molar-refractivity contribution in [2.75, 3.05) is 13.6 Å². The minimum atomic E-state index is -3.45. The molecule has 5 heteroatoms. The molecule has 1 aromatic rings. The lowest BCUT2D eigenvalue weighted by atomic mass is 10.1. The maximum Gasteiger partial charge on any atom is 0.243 e. The molecule has 0 saturated heterocycles. The number of aryl methyl sites for hydroxylation is 2. The molecule has 0 spiro atoms. The van der Waals surface area contributed by atoms with E-state index in [1.54, 1.807) is 4.31 Å². The standard InChI is InChI=1S/C16H28N2O2S/c1-7-8-18(12(2)3)21(19,20)16-10-15(11-17-6)13(4)9-14(16)5/h9-10,12,17H,7-8,11H2,1-6H3. The van der Waals surface area contributed by atoms with Gasteiger partial charge in [-0.3, -0.25) is 0 Å². The molecule has 1 rings (SSSR count). The molecule has 0 amide bonds. The van der Waals surface area contributed by atoms with Crippen LogP contribution in [-0.2, 0) is 16.6 Å². The fourth-order valence-electron chi connectivity index (χ4n) is 2.54. The number of benzene rings is 1. The van der Waals surface area contributed by atoms with Crippen molar-refractivity contribution in [1.29, 1.82) is 0 Å². The Balaban J connectivity index is 3.39. The lowest BCUT2D eigenvalue weighted by Crippen LogP contribution is -2.37. The van der Waals surface area contributed by atoms with Crippen LogP contribution in [0.1, 0.15) is 43.9 Å². The highest BCUT2D eigenvalue weighted by atomic mass is 32.2. The van der Waals surface area contributed by atoms with E-state index in [-0.39, 0.29) is 6.04 Å². The van der Waals surface area contributed by atoms with Gasteiger partial charge in [0.25, 0.3) is 0 Å². The van der Waals surface area contributed by atoms with Gasteiger partial charge in [0.15, 0.2) is 0 Å². The Bertz CT molecular complexity index is 580. The number of rotatable bonds is 7. The maximum absolute atomic E-state index is 13.0. The Kier molecular flexibility index (Phi) is 6.38. The molecule has 0 unspecified atom stereocenters. The third-order valence-electron chi connectivity index (χ3n) is 3.61. The number of hydrogen-bond donors (Lipinski definition) is 1. The topological polar surface area (TPSA) is 49.4 Å². The molecule has 120 valence electrons. The van der Waals surface area contributed by atoms with Gasteiger partial charge < -0.3 is 5.32 Å². The zero-order chi connectivity index (χ0) is 16.2. The summed E-state index contributed by atoms with van der Waals surface area (Å²) in [6.45, 7) is 10.9. The Morgan fingerprint density at radius 2 is 1.81 bits per heavy atom. The van der Waals surface area contributed by atoms with Crippen molar-refractivity contribution in [1.82, 2.24) is 9.62 Å².